The van der Waals surface area contributed by atoms with Crippen LogP contribution in [-0.2, 0) is 0 Å². The van der Waals surface area contributed by atoms with Crippen LogP contribution in [0.3, 0.4) is 0 Å². The van der Waals surface area contributed by atoms with E-state index in [1.54, 1.807) is 12.1 Å². The van der Waals surface area contributed by atoms with E-state index in [-0.39, 0.29) is 16.9 Å². The third-order valence-corrected chi connectivity index (χ3v) is 3.36. The number of piperazine rings is 1. The van der Waals surface area contributed by atoms with Crippen molar-refractivity contribution >= 4 is 23.3 Å². The van der Waals surface area contributed by atoms with Crippen molar-refractivity contribution in [2.45, 2.75) is 6.92 Å². The van der Waals surface area contributed by atoms with Gasteiger partial charge in [0.05, 0.1) is 0 Å². The van der Waals surface area contributed by atoms with Gasteiger partial charge in [0.15, 0.2) is 0 Å². The Hall–Kier alpha value is -1.33. The Balaban J connectivity index is 2.07. The Morgan fingerprint density at radius 1 is 1.39 bits per heavy atom. The molecule has 1 aromatic heterocycles. The minimum Gasteiger partial charge on any atom is -0.384 e. The van der Waals surface area contributed by atoms with Gasteiger partial charge in [0.25, 0.3) is 5.91 Å². The maximum atomic E-state index is 12.3. The first kappa shape index (κ1) is 13.1. The highest BCUT2D eigenvalue weighted by Crippen LogP contribution is 2.15. The summed E-state index contributed by atoms with van der Waals surface area (Å²) < 4.78 is 0. The van der Waals surface area contributed by atoms with Crippen molar-refractivity contribution in [1.82, 2.24) is 14.8 Å². The molecule has 2 heterocycles. The summed E-state index contributed by atoms with van der Waals surface area (Å²) in [5, 5.41) is 0.255. The number of anilines is 1. The highest BCUT2D eigenvalue weighted by Gasteiger charge is 2.21. The predicted octanol–water partition coefficient (Wildman–Crippen LogP) is 1.09. The molecule has 1 aliphatic rings. The van der Waals surface area contributed by atoms with Gasteiger partial charge in [-0.2, -0.15) is 0 Å². The topological polar surface area (TPSA) is 62.5 Å². The molecule has 0 aromatic carbocycles. The first-order chi connectivity index (χ1) is 8.60. The van der Waals surface area contributed by atoms with E-state index < -0.39 is 0 Å². The van der Waals surface area contributed by atoms with E-state index >= 15 is 0 Å². The lowest BCUT2D eigenvalue weighted by molar-refractivity contribution is 0.0643. The number of amides is 1. The fourth-order valence-electron chi connectivity index (χ4n) is 2.09. The fraction of sp³-hybridized carbons (Fsp3) is 0.500. The van der Waals surface area contributed by atoms with Gasteiger partial charge in [0.1, 0.15) is 11.0 Å². The van der Waals surface area contributed by atoms with Crippen LogP contribution in [0.4, 0.5) is 5.82 Å². The lowest BCUT2D eigenvalue weighted by atomic mass is 10.2. The Bertz CT molecular complexity index is 423. The van der Waals surface area contributed by atoms with Crippen LogP contribution in [0.1, 0.15) is 17.3 Å². The number of hydrogen-bond acceptors (Lipinski definition) is 4. The van der Waals surface area contributed by atoms with Crippen LogP contribution in [-0.4, -0.2) is 53.4 Å². The van der Waals surface area contributed by atoms with Crippen LogP contribution < -0.4 is 5.73 Å². The molecule has 1 saturated heterocycles. The summed E-state index contributed by atoms with van der Waals surface area (Å²) in [6.07, 6.45) is 0. The molecule has 0 aliphatic carbocycles. The standard InChI is InChI=1S/C12H17ClN4O/c1-2-16-3-5-17(6-4-16)12(18)9-7-10(13)15-11(14)8-9/h7-8H,2-6H2,1H3,(H2,14,15). The fourth-order valence-corrected chi connectivity index (χ4v) is 2.31. The first-order valence-electron chi connectivity index (χ1n) is 6.05. The number of halogens is 1. The highest BCUT2D eigenvalue weighted by molar-refractivity contribution is 6.29. The average Bonchev–Trinajstić information content (AvgIpc) is 2.37. The number of aromatic nitrogens is 1. The van der Waals surface area contributed by atoms with Gasteiger partial charge in [0, 0.05) is 31.7 Å². The molecule has 2 rings (SSSR count). The quantitative estimate of drug-likeness (QED) is 0.816. The van der Waals surface area contributed by atoms with E-state index in [4.69, 9.17) is 17.3 Å². The lowest BCUT2D eigenvalue weighted by Crippen LogP contribution is -2.48. The number of rotatable bonds is 2. The highest BCUT2D eigenvalue weighted by atomic mass is 35.5. The number of nitrogens with two attached hydrogens (primary N) is 1. The van der Waals surface area contributed by atoms with Crippen LogP contribution in [0, 0.1) is 0 Å². The van der Waals surface area contributed by atoms with Gasteiger partial charge in [-0.15, -0.1) is 0 Å². The van der Waals surface area contributed by atoms with E-state index in [0.29, 0.717) is 5.56 Å². The van der Waals surface area contributed by atoms with E-state index in [1.807, 2.05) is 4.90 Å². The Labute approximate surface area is 112 Å². The van der Waals surface area contributed by atoms with Gasteiger partial charge < -0.3 is 15.5 Å². The lowest BCUT2D eigenvalue weighted by Gasteiger charge is -2.34. The van der Waals surface area contributed by atoms with Crippen molar-refractivity contribution in [2.75, 3.05) is 38.5 Å². The molecule has 98 valence electrons. The Kier molecular flexibility index (Phi) is 4.04. The van der Waals surface area contributed by atoms with E-state index in [0.717, 1.165) is 32.7 Å². The van der Waals surface area contributed by atoms with E-state index in [9.17, 15) is 4.79 Å². The van der Waals surface area contributed by atoms with Gasteiger partial charge in [-0.25, -0.2) is 4.98 Å². The van der Waals surface area contributed by atoms with Crippen LogP contribution in [0.2, 0.25) is 5.15 Å². The SMILES string of the molecule is CCN1CCN(C(=O)c2cc(N)nc(Cl)c2)CC1. The average molecular weight is 269 g/mol. The predicted molar refractivity (Wildman–Crippen MR) is 71.7 cm³/mol. The van der Waals surface area contributed by atoms with Gasteiger partial charge in [-0.1, -0.05) is 18.5 Å². The Morgan fingerprint density at radius 3 is 2.61 bits per heavy atom. The normalized spacial score (nSPS) is 16.9. The molecule has 1 fully saturated rings. The second-order valence-electron chi connectivity index (χ2n) is 4.33. The third-order valence-electron chi connectivity index (χ3n) is 3.17. The molecular weight excluding hydrogens is 252 g/mol. The minimum atomic E-state index is -0.0262. The van der Waals surface area contributed by atoms with Crippen molar-refractivity contribution in [3.63, 3.8) is 0 Å². The number of nitrogen functional groups attached to an aromatic ring is 1. The molecule has 6 heteroatoms. The Morgan fingerprint density at radius 2 is 2.06 bits per heavy atom. The van der Waals surface area contributed by atoms with Gasteiger partial charge in [-0.3, -0.25) is 4.79 Å². The number of carbonyl (C=O) groups is 1. The minimum absolute atomic E-state index is 0.0262. The zero-order valence-corrected chi connectivity index (χ0v) is 11.2. The summed E-state index contributed by atoms with van der Waals surface area (Å²) in [6, 6.07) is 3.13. The molecule has 0 saturated carbocycles. The smallest absolute Gasteiger partial charge is 0.254 e. The van der Waals surface area contributed by atoms with Crippen molar-refractivity contribution in [3.8, 4) is 0 Å². The summed E-state index contributed by atoms with van der Waals surface area (Å²) in [5.74, 6) is 0.250. The number of hydrogen-bond donors (Lipinski definition) is 1. The zero-order chi connectivity index (χ0) is 13.1. The summed E-state index contributed by atoms with van der Waals surface area (Å²) in [5.41, 5.74) is 6.11. The van der Waals surface area contributed by atoms with Crippen molar-refractivity contribution in [3.05, 3.63) is 22.8 Å². The van der Waals surface area contributed by atoms with E-state index in [1.165, 1.54) is 0 Å². The third kappa shape index (κ3) is 2.91. The summed E-state index contributed by atoms with van der Waals surface area (Å²) in [4.78, 5) is 20.3. The number of carbonyl (C=O) groups excluding carboxylic acids is 1. The second-order valence-corrected chi connectivity index (χ2v) is 4.72. The van der Waals surface area contributed by atoms with Crippen molar-refractivity contribution in [1.29, 1.82) is 0 Å². The molecule has 0 atom stereocenters. The largest absolute Gasteiger partial charge is 0.384 e. The molecule has 1 amide bonds. The molecule has 5 nitrogen and oxygen atoms in total. The summed E-state index contributed by atoms with van der Waals surface area (Å²) in [6.45, 7) is 6.46. The maximum absolute atomic E-state index is 12.3. The number of nitrogens with zero attached hydrogens (tertiary/aromatic N) is 3. The van der Waals surface area contributed by atoms with Gasteiger partial charge >= 0.3 is 0 Å². The molecule has 0 radical (unpaired) electrons. The maximum Gasteiger partial charge on any atom is 0.254 e. The molecule has 2 N–H and O–H groups in total. The summed E-state index contributed by atoms with van der Waals surface area (Å²) >= 11 is 5.81. The number of likely N-dealkylation sites (N-methyl/N-ethyl adjacent to an activating group) is 1. The molecular formula is C12H17ClN4O. The zero-order valence-electron chi connectivity index (χ0n) is 10.4. The van der Waals surface area contributed by atoms with E-state index in [2.05, 4.69) is 16.8 Å². The van der Waals surface area contributed by atoms with Crippen LogP contribution >= 0.6 is 11.6 Å². The van der Waals surface area contributed by atoms with Gasteiger partial charge in [-0.05, 0) is 18.7 Å². The molecule has 1 aromatic rings. The monoisotopic (exact) mass is 268 g/mol. The molecule has 0 bridgehead atoms. The number of pyridine rings is 1. The van der Waals surface area contributed by atoms with Crippen LogP contribution in [0.25, 0.3) is 0 Å². The van der Waals surface area contributed by atoms with Crippen molar-refractivity contribution < 1.29 is 4.79 Å². The van der Waals surface area contributed by atoms with Crippen LogP contribution in [0.15, 0.2) is 12.1 Å². The van der Waals surface area contributed by atoms with Crippen molar-refractivity contribution in [2.24, 2.45) is 0 Å². The first-order valence-corrected chi connectivity index (χ1v) is 6.42. The molecule has 0 spiro atoms. The molecule has 1 aliphatic heterocycles. The van der Waals surface area contributed by atoms with Gasteiger partial charge in [0.2, 0.25) is 0 Å². The molecule has 18 heavy (non-hydrogen) atoms. The van der Waals surface area contributed by atoms with Crippen LogP contribution in [0.5, 0.6) is 0 Å². The second kappa shape index (κ2) is 5.54. The summed E-state index contributed by atoms with van der Waals surface area (Å²) in [7, 11) is 0. The molecule has 0 unspecified atom stereocenters.